The first-order valence-electron chi connectivity index (χ1n) is 7.43. The minimum Gasteiger partial charge on any atom is -0.382 e. The zero-order chi connectivity index (χ0) is 14.5. The van der Waals surface area contributed by atoms with Crippen molar-refractivity contribution in [2.24, 2.45) is 0 Å². The number of piperidine rings is 1. The molecule has 0 aliphatic carbocycles. The summed E-state index contributed by atoms with van der Waals surface area (Å²) in [6.07, 6.45) is 4.78. The molecule has 2 rings (SSSR count). The average Bonchev–Trinajstić information content (AvgIpc) is 2.42. The molecule has 1 aromatic rings. The number of aryl methyl sites for hydroxylation is 1. The number of halogens is 1. The van der Waals surface area contributed by atoms with E-state index in [9.17, 15) is 0 Å². The Labute approximate surface area is 131 Å². The minimum atomic E-state index is 0.610. The predicted octanol–water partition coefficient (Wildman–Crippen LogP) is 4.60. The van der Waals surface area contributed by atoms with Crippen LogP contribution in [0.3, 0.4) is 0 Å². The van der Waals surface area contributed by atoms with Gasteiger partial charge in [-0.2, -0.15) is 0 Å². The van der Waals surface area contributed by atoms with Crippen LogP contribution >= 0.6 is 15.9 Å². The first-order valence-corrected chi connectivity index (χ1v) is 8.22. The van der Waals surface area contributed by atoms with E-state index < -0.39 is 0 Å². The van der Waals surface area contributed by atoms with Gasteiger partial charge in [0.05, 0.1) is 0 Å². The van der Waals surface area contributed by atoms with Crippen molar-refractivity contribution in [3.8, 4) is 0 Å². The molecule has 1 aromatic carbocycles. The van der Waals surface area contributed by atoms with Crippen LogP contribution in [-0.4, -0.2) is 30.6 Å². The lowest BCUT2D eigenvalue weighted by Crippen LogP contribution is -2.39. The number of nitrogens with zero attached hydrogens (tertiary/aromatic N) is 1. The average molecular weight is 337 g/mol. The van der Waals surface area contributed by atoms with Gasteiger partial charge in [-0.1, -0.05) is 27.6 Å². The lowest BCUT2D eigenvalue weighted by molar-refractivity contribution is 0.240. The van der Waals surface area contributed by atoms with Crippen LogP contribution in [0, 0.1) is 6.92 Å². The molecule has 0 bridgehead atoms. The summed E-state index contributed by atoms with van der Waals surface area (Å²) in [7, 11) is 0. The summed E-state index contributed by atoms with van der Waals surface area (Å²) in [4.78, 5) is 2.54. The number of likely N-dealkylation sites (tertiary alicyclic amines) is 1. The van der Waals surface area contributed by atoms with E-state index in [0.29, 0.717) is 6.04 Å². The molecular weight excluding hydrogens is 312 g/mol. The molecule has 110 valence electrons. The molecule has 1 aliphatic heterocycles. The van der Waals surface area contributed by atoms with Crippen LogP contribution in [0.5, 0.6) is 0 Å². The van der Waals surface area contributed by atoms with E-state index in [0.717, 1.165) is 6.54 Å². The van der Waals surface area contributed by atoms with Crippen molar-refractivity contribution in [3.63, 3.8) is 0 Å². The van der Waals surface area contributed by atoms with Crippen molar-refractivity contribution in [2.45, 2.75) is 39.7 Å². The maximum absolute atomic E-state index is 3.67. The number of anilines is 1. The second-order valence-electron chi connectivity index (χ2n) is 5.96. The summed E-state index contributed by atoms with van der Waals surface area (Å²) in [5.41, 5.74) is 3.94. The number of allylic oxidation sites excluding steroid dienone is 1. The second-order valence-corrected chi connectivity index (χ2v) is 6.82. The van der Waals surface area contributed by atoms with Crippen LogP contribution in [0.1, 0.15) is 32.3 Å². The normalized spacial score (nSPS) is 17.0. The molecule has 3 heteroatoms. The molecule has 1 aliphatic rings. The highest BCUT2D eigenvalue weighted by Gasteiger charge is 2.18. The van der Waals surface area contributed by atoms with E-state index in [1.807, 2.05) is 0 Å². The summed E-state index contributed by atoms with van der Waals surface area (Å²) in [6, 6.07) is 7.12. The number of hydrogen-bond acceptors (Lipinski definition) is 2. The monoisotopic (exact) mass is 336 g/mol. The largest absolute Gasteiger partial charge is 0.382 e. The van der Waals surface area contributed by atoms with Crippen LogP contribution in [0.15, 0.2) is 34.3 Å². The van der Waals surface area contributed by atoms with E-state index in [-0.39, 0.29) is 0 Å². The SMILES string of the molecule is CC(C)=CCN1CCC(Nc2ccc(Br)c(C)c2)CC1. The highest BCUT2D eigenvalue weighted by molar-refractivity contribution is 9.10. The number of benzene rings is 1. The van der Waals surface area contributed by atoms with Crippen LogP contribution in [0.2, 0.25) is 0 Å². The molecule has 0 radical (unpaired) electrons. The molecule has 0 amide bonds. The summed E-state index contributed by atoms with van der Waals surface area (Å²) in [5, 5.41) is 3.67. The van der Waals surface area contributed by atoms with Crippen LogP contribution < -0.4 is 5.32 Å². The second kappa shape index (κ2) is 7.28. The third-order valence-electron chi connectivity index (χ3n) is 3.87. The summed E-state index contributed by atoms with van der Waals surface area (Å²) < 4.78 is 1.18. The Kier molecular flexibility index (Phi) is 5.67. The third-order valence-corrected chi connectivity index (χ3v) is 4.76. The Morgan fingerprint density at radius 1 is 1.35 bits per heavy atom. The quantitative estimate of drug-likeness (QED) is 0.808. The fourth-order valence-electron chi connectivity index (χ4n) is 2.54. The molecule has 2 nitrogen and oxygen atoms in total. The van der Waals surface area contributed by atoms with Crippen molar-refractivity contribution in [2.75, 3.05) is 25.0 Å². The topological polar surface area (TPSA) is 15.3 Å². The molecule has 0 atom stereocenters. The zero-order valence-electron chi connectivity index (χ0n) is 12.7. The number of hydrogen-bond donors (Lipinski definition) is 1. The fraction of sp³-hybridized carbons (Fsp3) is 0.529. The van der Waals surface area contributed by atoms with Crippen molar-refractivity contribution in [1.29, 1.82) is 0 Å². The first-order chi connectivity index (χ1) is 9.54. The highest BCUT2D eigenvalue weighted by atomic mass is 79.9. The summed E-state index contributed by atoms with van der Waals surface area (Å²) in [5.74, 6) is 0. The van der Waals surface area contributed by atoms with E-state index >= 15 is 0 Å². The van der Waals surface area contributed by atoms with Crippen LogP contribution in [0.4, 0.5) is 5.69 Å². The van der Waals surface area contributed by atoms with Gasteiger partial charge in [0, 0.05) is 35.8 Å². The Bertz CT molecular complexity index is 470. The molecule has 0 saturated carbocycles. The summed E-state index contributed by atoms with van der Waals surface area (Å²) in [6.45, 7) is 9.96. The number of rotatable bonds is 4. The van der Waals surface area contributed by atoms with Gasteiger partial charge in [0.15, 0.2) is 0 Å². The van der Waals surface area contributed by atoms with Gasteiger partial charge in [0.25, 0.3) is 0 Å². The molecule has 0 spiro atoms. The van der Waals surface area contributed by atoms with Crippen molar-refractivity contribution in [1.82, 2.24) is 4.90 Å². The first kappa shape index (κ1) is 15.6. The zero-order valence-corrected chi connectivity index (χ0v) is 14.3. The lowest BCUT2D eigenvalue weighted by atomic mass is 10.0. The maximum Gasteiger partial charge on any atom is 0.0345 e. The van der Waals surface area contributed by atoms with Crippen molar-refractivity contribution in [3.05, 3.63) is 39.9 Å². The van der Waals surface area contributed by atoms with Gasteiger partial charge in [0.2, 0.25) is 0 Å². The standard InChI is InChI=1S/C17H25BrN2/c1-13(2)6-9-20-10-7-15(8-11-20)19-16-4-5-17(18)14(3)12-16/h4-6,12,15,19H,7-11H2,1-3H3. The van der Waals surface area contributed by atoms with Gasteiger partial charge in [-0.05, 0) is 57.4 Å². The smallest absolute Gasteiger partial charge is 0.0345 e. The van der Waals surface area contributed by atoms with E-state index in [4.69, 9.17) is 0 Å². The molecule has 1 heterocycles. The molecule has 0 unspecified atom stereocenters. The van der Waals surface area contributed by atoms with E-state index in [1.54, 1.807) is 0 Å². The van der Waals surface area contributed by atoms with Crippen molar-refractivity contribution >= 4 is 21.6 Å². The predicted molar refractivity (Wildman–Crippen MR) is 91.4 cm³/mol. The van der Waals surface area contributed by atoms with Gasteiger partial charge >= 0.3 is 0 Å². The maximum atomic E-state index is 3.67. The van der Waals surface area contributed by atoms with E-state index in [1.165, 1.54) is 47.2 Å². The highest BCUT2D eigenvalue weighted by Crippen LogP contribution is 2.22. The van der Waals surface area contributed by atoms with Gasteiger partial charge in [-0.3, -0.25) is 4.90 Å². The van der Waals surface area contributed by atoms with Crippen LogP contribution in [0.25, 0.3) is 0 Å². The molecular formula is C17H25BrN2. The Morgan fingerprint density at radius 2 is 2.05 bits per heavy atom. The van der Waals surface area contributed by atoms with Gasteiger partial charge in [0.1, 0.15) is 0 Å². The van der Waals surface area contributed by atoms with Gasteiger partial charge in [-0.15, -0.1) is 0 Å². The number of nitrogens with one attached hydrogen (secondary N) is 1. The van der Waals surface area contributed by atoms with Crippen LogP contribution in [-0.2, 0) is 0 Å². The van der Waals surface area contributed by atoms with Gasteiger partial charge in [-0.25, -0.2) is 0 Å². The fourth-order valence-corrected chi connectivity index (χ4v) is 2.79. The molecule has 20 heavy (non-hydrogen) atoms. The summed E-state index contributed by atoms with van der Waals surface area (Å²) >= 11 is 3.55. The Balaban J connectivity index is 1.82. The lowest BCUT2D eigenvalue weighted by Gasteiger charge is -2.32. The molecule has 1 fully saturated rings. The third kappa shape index (κ3) is 4.64. The Morgan fingerprint density at radius 3 is 2.65 bits per heavy atom. The molecule has 1 saturated heterocycles. The van der Waals surface area contributed by atoms with E-state index in [2.05, 4.69) is 71.2 Å². The Hall–Kier alpha value is -0.800. The van der Waals surface area contributed by atoms with Gasteiger partial charge < -0.3 is 5.32 Å². The minimum absolute atomic E-state index is 0.610. The molecule has 1 N–H and O–H groups in total. The molecule has 0 aromatic heterocycles. The van der Waals surface area contributed by atoms with Crippen molar-refractivity contribution < 1.29 is 0 Å².